The number of hydrogen-bond acceptors (Lipinski definition) is 8. The average molecular weight is 394 g/mol. The second kappa shape index (κ2) is 9.51. The number of aliphatic hydroxyl groups excluding tert-OH is 1. The van der Waals surface area contributed by atoms with E-state index in [4.69, 9.17) is 9.84 Å². The minimum atomic E-state index is -2.33. The van der Waals surface area contributed by atoms with E-state index in [1.165, 1.54) is 24.3 Å². The highest BCUT2D eigenvalue weighted by Crippen LogP contribution is 2.26. The van der Waals surface area contributed by atoms with Crippen LogP contribution in [0, 0.1) is 13.8 Å². The number of rotatable bonds is 8. The van der Waals surface area contributed by atoms with Crippen LogP contribution in [0.4, 0.5) is 11.4 Å². The van der Waals surface area contributed by atoms with Crippen LogP contribution >= 0.6 is 0 Å². The van der Waals surface area contributed by atoms with Gasteiger partial charge in [-0.25, -0.2) is 0 Å². The van der Waals surface area contributed by atoms with Crippen molar-refractivity contribution in [2.75, 3.05) is 19.8 Å². The van der Waals surface area contributed by atoms with Gasteiger partial charge in [-0.1, -0.05) is 0 Å². The molecule has 0 radical (unpaired) electrons. The largest absolute Gasteiger partial charge is 0.768 e. The number of aromatic nitrogens is 1. The van der Waals surface area contributed by atoms with Gasteiger partial charge in [0.05, 0.1) is 32.1 Å². The Bertz CT molecular complexity index is 908. The van der Waals surface area contributed by atoms with Crippen molar-refractivity contribution in [1.82, 2.24) is 4.57 Å². The molecule has 0 amide bonds. The minimum Gasteiger partial charge on any atom is -0.768 e. The van der Waals surface area contributed by atoms with E-state index in [1.807, 2.05) is 0 Å². The number of ether oxygens (including phenoxy) is 1. The van der Waals surface area contributed by atoms with Crippen LogP contribution in [0.15, 0.2) is 44.2 Å². The number of aromatic hydroxyl groups is 1. The second-order valence-electron chi connectivity index (χ2n) is 5.64. The maximum atomic E-state index is 12.7. The highest BCUT2D eigenvalue weighted by Gasteiger charge is 2.16. The number of hydrogen-bond donors (Lipinski definition) is 2. The van der Waals surface area contributed by atoms with Crippen LogP contribution in [0.5, 0.6) is 5.88 Å². The van der Waals surface area contributed by atoms with Crippen molar-refractivity contribution < 1.29 is 23.7 Å². The molecule has 0 aliphatic rings. The molecule has 1 aromatic heterocycles. The van der Waals surface area contributed by atoms with E-state index in [9.17, 15) is 18.7 Å². The smallest absolute Gasteiger partial charge is 0.281 e. The molecule has 0 spiro atoms. The van der Waals surface area contributed by atoms with Crippen molar-refractivity contribution >= 4 is 22.5 Å². The molecule has 1 unspecified atom stereocenters. The van der Waals surface area contributed by atoms with Crippen molar-refractivity contribution in [1.29, 1.82) is 0 Å². The monoisotopic (exact) mass is 394 g/mol. The molecular formula is C17H20N3O6S-. The van der Waals surface area contributed by atoms with Gasteiger partial charge in [0.15, 0.2) is 11.6 Å². The normalized spacial score (nSPS) is 12.6. The molecule has 0 aliphatic carbocycles. The predicted molar refractivity (Wildman–Crippen MR) is 97.5 cm³/mol. The third-order valence-corrected chi connectivity index (χ3v) is 4.60. The van der Waals surface area contributed by atoms with Crippen molar-refractivity contribution in [3.63, 3.8) is 0 Å². The van der Waals surface area contributed by atoms with Crippen molar-refractivity contribution in [2.45, 2.75) is 25.3 Å². The molecule has 0 saturated heterocycles. The van der Waals surface area contributed by atoms with Crippen LogP contribution in [0.25, 0.3) is 0 Å². The molecule has 9 nitrogen and oxygen atoms in total. The van der Waals surface area contributed by atoms with Crippen LogP contribution in [0.3, 0.4) is 0 Å². The summed E-state index contributed by atoms with van der Waals surface area (Å²) in [4.78, 5) is 12.8. The average Bonchev–Trinajstić information content (AvgIpc) is 2.66. The van der Waals surface area contributed by atoms with Gasteiger partial charge in [-0.2, -0.15) is 5.11 Å². The first-order valence-corrected chi connectivity index (χ1v) is 9.17. The van der Waals surface area contributed by atoms with E-state index in [0.717, 1.165) is 4.57 Å². The number of benzene rings is 1. The zero-order valence-electron chi connectivity index (χ0n) is 14.9. The molecule has 146 valence electrons. The zero-order valence-corrected chi connectivity index (χ0v) is 15.7. The second-order valence-corrected chi connectivity index (χ2v) is 6.58. The Labute approximate surface area is 158 Å². The van der Waals surface area contributed by atoms with Crippen molar-refractivity contribution in [3.05, 3.63) is 45.7 Å². The standard InChI is InChI=1S/C17H21N3O6S/c1-11-12(2)16(22)20(7-9-26-10-8-21)17(23)15(11)19-18-13-3-5-14(6-4-13)27(24)25/h3-6,21-22H,7-10H2,1-2H3,(H,24,25)/p-1. The van der Waals surface area contributed by atoms with Gasteiger partial charge < -0.3 is 19.5 Å². The van der Waals surface area contributed by atoms with Gasteiger partial charge in [-0.15, -0.1) is 5.11 Å². The molecule has 27 heavy (non-hydrogen) atoms. The molecule has 10 heteroatoms. The molecule has 2 aromatic rings. The Morgan fingerprint density at radius 2 is 1.81 bits per heavy atom. The number of pyridine rings is 1. The van der Waals surface area contributed by atoms with Gasteiger partial charge >= 0.3 is 0 Å². The van der Waals surface area contributed by atoms with Gasteiger partial charge in [0.1, 0.15) is 0 Å². The van der Waals surface area contributed by atoms with Gasteiger partial charge in [-0.3, -0.25) is 13.6 Å². The Morgan fingerprint density at radius 1 is 1.15 bits per heavy atom. The fourth-order valence-corrected chi connectivity index (χ4v) is 2.67. The predicted octanol–water partition coefficient (Wildman–Crippen LogP) is 1.83. The summed E-state index contributed by atoms with van der Waals surface area (Å²) in [6.07, 6.45) is 0. The Hall–Kier alpha value is -2.40. The third-order valence-electron chi connectivity index (χ3n) is 3.95. The Balaban J connectivity index is 2.33. The SMILES string of the molecule is Cc1c(C)c(O)n(CCOCCO)c(=O)c1N=Nc1ccc(S(=O)[O-])cc1. The summed E-state index contributed by atoms with van der Waals surface area (Å²) in [7, 11) is 0. The molecule has 0 saturated carbocycles. The molecule has 0 aliphatic heterocycles. The summed E-state index contributed by atoms with van der Waals surface area (Å²) < 4.78 is 28.0. The molecule has 0 fully saturated rings. The summed E-state index contributed by atoms with van der Waals surface area (Å²) >= 11 is -2.33. The van der Waals surface area contributed by atoms with Crippen LogP contribution in [-0.4, -0.2) is 43.4 Å². The summed E-state index contributed by atoms with van der Waals surface area (Å²) in [5.41, 5.74) is 0.911. The first kappa shape index (κ1) is 20.9. The van der Waals surface area contributed by atoms with E-state index in [1.54, 1.807) is 13.8 Å². The lowest BCUT2D eigenvalue weighted by Gasteiger charge is -2.14. The number of aliphatic hydroxyl groups is 1. The lowest BCUT2D eigenvalue weighted by molar-refractivity contribution is 0.0853. The zero-order chi connectivity index (χ0) is 20.0. The quantitative estimate of drug-likeness (QED) is 0.398. The van der Waals surface area contributed by atoms with E-state index < -0.39 is 16.6 Å². The summed E-state index contributed by atoms with van der Waals surface area (Å²) in [6.45, 7) is 3.55. The summed E-state index contributed by atoms with van der Waals surface area (Å²) in [5.74, 6) is -0.175. The lowest BCUT2D eigenvalue weighted by atomic mass is 10.1. The van der Waals surface area contributed by atoms with Crippen LogP contribution in [-0.2, 0) is 22.4 Å². The lowest BCUT2D eigenvalue weighted by Crippen LogP contribution is -2.24. The molecule has 1 atom stereocenters. The number of azo groups is 1. The topological polar surface area (TPSA) is 137 Å². The molecule has 2 N–H and O–H groups in total. The van der Waals surface area contributed by atoms with Gasteiger partial charge in [-0.05, 0) is 54.8 Å². The highest BCUT2D eigenvalue weighted by atomic mass is 32.2. The van der Waals surface area contributed by atoms with E-state index >= 15 is 0 Å². The van der Waals surface area contributed by atoms with E-state index in [2.05, 4.69) is 10.2 Å². The van der Waals surface area contributed by atoms with Crippen molar-refractivity contribution in [2.24, 2.45) is 10.2 Å². The van der Waals surface area contributed by atoms with Gasteiger partial charge in [0.2, 0.25) is 0 Å². The fourth-order valence-electron chi connectivity index (χ4n) is 2.31. The first-order chi connectivity index (χ1) is 12.9. The summed E-state index contributed by atoms with van der Waals surface area (Å²) in [6, 6.07) is 5.70. The Morgan fingerprint density at radius 3 is 2.41 bits per heavy atom. The molecule has 1 aromatic carbocycles. The minimum absolute atomic E-state index is 0.0731. The van der Waals surface area contributed by atoms with Gasteiger partial charge in [0, 0.05) is 10.5 Å². The maximum Gasteiger partial charge on any atom is 0.281 e. The van der Waals surface area contributed by atoms with Gasteiger partial charge in [0.25, 0.3) is 5.56 Å². The van der Waals surface area contributed by atoms with E-state index in [-0.39, 0.29) is 42.8 Å². The van der Waals surface area contributed by atoms with Crippen LogP contribution < -0.4 is 5.56 Å². The van der Waals surface area contributed by atoms with E-state index in [0.29, 0.717) is 16.8 Å². The van der Waals surface area contributed by atoms with Crippen molar-refractivity contribution in [3.8, 4) is 5.88 Å². The highest BCUT2D eigenvalue weighted by molar-refractivity contribution is 7.79. The molecule has 1 heterocycles. The maximum absolute atomic E-state index is 12.7. The Kier molecular flexibility index (Phi) is 7.36. The third kappa shape index (κ3) is 5.07. The molecule has 2 rings (SSSR count). The summed E-state index contributed by atoms with van der Waals surface area (Å²) in [5, 5.41) is 26.9. The number of nitrogens with zero attached hydrogens (tertiary/aromatic N) is 3. The van der Waals surface area contributed by atoms with Crippen LogP contribution in [0.1, 0.15) is 11.1 Å². The molecule has 0 bridgehead atoms. The molecular weight excluding hydrogens is 374 g/mol. The van der Waals surface area contributed by atoms with Crippen LogP contribution in [0.2, 0.25) is 0 Å². The first-order valence-electron chi connectivity index (χ1n) is 8.09. The fraction of sp³-hybridized carbons (Fsp3) is 0.353.